The Balaban J connectivity index is 2.05. The third-order valence-corrected chi connectivity index (χ3v) is 3.99. The fraction of sp³-hybridized carbons (Fsp3) is 0.500. The van der Waals surface area contributed by atoms with Crippen LogP contribution >= 0.6 is 11.6 Å². The molecule has 1 aliphatic heterocycles. The van der Waals surface area contributed by atoms with E-state index in [1.165, 1.54) is 6.07 Å². The van der Waals surface area contributed by atoms with Gasteiger partial charge in [0.2, 0.25) is 0 Å². The van der Waals surface area contributed by atoms with E-state index in [-0.39, 0.29) is 16.8 Å². The Morgan fingerprint density at radius 1 is 1.37 bits per heavy atom. The van der Waals surface area contributed by atoms with Crippen molar-refractivity contribution in [2.45, 2.75) is 25.1 Å². The first-order valence-corrected chi connectivity index (χ1v) is 6.81. The Hall–Kier alpha value is -1.16. The number of rotatable bonds is 2. The van der Waals surface area contributed by atoms with Crippen molar-refractivity contribution in [2.75, 3.05) is 13.1 Å². The number of halogens is 3. The molecule has 2 nitrogen and oxygen atoms in total. The fourth-order valence-corrected chi connectivity index (χ4v) is 2.65. The zero-order valence-corrected chi connectivity index (χ0v) is 11.5. The molecule has 0 aliphatic carbocycles. The van der Waals surface area contributed by atoms with Crippen LogP contribution in [0, 0.1) is 17.6 Å². The van der Waals surface area contributed by atoms with Crippen LogP contribution in [0.2, 0.25) is 0 Å². The van der Waals surface area contributed by atoms with Crippen molar-refractivity contribution in [3.63, 3.8) is 0 Å². The van der Waals surface area contributed by atoms with Gasteiger partial charge in [0.25, 0.3) is 5.91 Å². The topological polar surface area (TPSA) is 20.3 Å². The number of amides is 1. The molecular weight excluding hydrogens is 272 g/mol. The maximum Gasteiger partial charge on any atom is 0.256 e. The molecule has 1 aromatic carbocycles. The number of alkyl halides is 1. The number of piperidine rings is 1. The van der Waals surface area contributed by atoms with Gasteiger partial charge in [0.15, 0.2) is 0 Å². The summed E-state index contributed by atoms with van der Waals surface area (Å²) in [7, 11) is 0. The molecule has 1 saturated heterocycles. The molecule has 0 radical (unpaired) electrons. The van der Waals surface area contributed by atoms with Crippen LogP contribution in [0.3, 0.4) is 0 Å². The molecule has 2 rings (SSSR count). The number of hydrogen-bond donors (Lipinski definition) is 0. The molecule has 1 fully saturated rings. The second kappa shape index (κ2) is 5.87. The summed E-state index contributed by atoms with van der Waals surface area (Å²) in [6, 6.07) is 3.04. The molecule has 1 amide bonds. The summed E-state index contributed by atoms with van der Waals surface area (Å²) in [4.78, 5) is 13.7. The van der Waals surface area contributed by atoms with Crippen LogP contribution in [0.1, 0.15) is 30.1 Å². The molecule has 1 aromatic rings. The smallest absolute Gasteiger partial charge is 0.256 e. The number of hydrogen-bond acceptors (Lipinski definition) is 1. The first-order chi connectivity index (χ1) is 8.99. The Bertz CT molecular complexity index is 471. The highest BCUT2D eigenvalue weighted by Crippen LogP contribution is 2.25. The van der Waals surface area contributed by atoms with Gasteiger partial charge < -0.3 is 4.90 Å². The lowest BCUT2D eigenvalue weighted by atomic mass is 9.93. The summed E-state index contributed by atoms with van der Waals surface area (Å²) in [5, 5.41) is 0.0832. The number of carbonyl (C=O) groups excluding carboxylic acids is 1. The van der Waals surface area contributed by atoms with E-state index in [9.17, 15) is 13.6 Å². The van der Waals surface area contributed by atoms with Crippen LogP contribution in [0.15, 0.2) is 18.2 Å². The summed E-state index contributed by atoms with van der Waals surface area (Å²) in [6.07, 6.45) is 1.64. The van der Waals surface area contributed by atoms with Crippen molar-refractivity contribution in [1.29, 1.82) is 0 Å². The van der Waals surface area contributed by atoms with Gasteiger partial charge in [0, 0.05) is 24.5 Å². The maximum absolute atomic E-state index is 13.6. The Morgan fingerprint density at radius 2 is 2.00 bits per heavy atom. The molecule has 19 heavy (non-hydrogen) atoms. The number of nitrogens with zero attached hydrogens (tertiary/aromatic N) is 1. The molecule has 0 spiro atoms. The van der Waals surface area contributed by atoms with E-state index in [2.05, 4.69) is 0 Å². The molecule has 0 bridgehead atoms. The highest BCUT2D eigenvalue weighted by atomic mass is 35.5. The molecule has 0 aromatic heterocycles. The Morgan fingerprint density at radius 3 is 2.53 bits per heavy atom. The SMILES string of the molecule is CC(Cl)C1CCN(C(=O)c2ccc(F)cc2F)CC1. The van der Waals surface area contributed by atoms with Gasteiger partial charge in [-0.1, -0.05) is 0 Å². The Labute approximate surface area is 116 Å². The quantitative estimate of drug-likeness (QED) is 0.763. The molecule has 104 valence electrons. The second-order valence-corrected chi connectivity index (χ2v) is 5.62. The van der Waals surface area contributed by atoms with E-state index in [0.717, 1.165) is 25.0 Å². The van der Waals surface area contributed by atoms with Gasteiger partial charge in [0.1, 0.15) is 11.6 Å². The van der Waals surface area contributed by atoms with Gasteiger partial charge in [-0.3, -0.25) is 4.79 Å². The van der Waals surface area contributed by atoms with E-state index in [4.69, 9.17) is 11.6 Å². The summed E-state index contributed by atoms with van der Waals surface area (Å²) in [5.41, 5.74) is -0.0706. The van der Waals surface area contributed by atoms with Crippen molar-refractivity contribution in [1.82, 2.24) is 4.90 Å². The minimum Gasteiger partial charge on any atom is -0.339 e. The number of carbonyl (C=O) groups is 1. The third-order valence-electron chi connectivity index (χ3n) is 3.64. The number of benzene rings is 1. The zero-order chi connectivity index (χ0) is 14.0. The number of likely N-dealkylation sites (tertiary alicyclic amines) is 1. The molecule has 5 heteroatoms. The van der Waals surface area contributed by atoms with Gasteiger partial charge in [-0.2, -0.15) is 0 Å². The lowest BCUT2D eigenvalue weighted by molar-refractivity contribution is 0.0685. The molecule has 1 heterocycles. The normalized spacial score (nSPS) is 18.4. The van der Waals surface area contributed by atoms with Crippen LogP contribution < -0.4 is 0 Å². The van der Waals surface area contributed by atoms with Crippen LogP contribution in [-0.4, -0.2) is 29.3 Å². The first-order valence-electron chi connectivity index (χ1n) is 6.37. The van der Waals surface area contributed by atoms with Crippen molar-refractivity contribution in [3.8, 4) is 0 Å². The average Bonchev–Trinajstić information content (AvgIpc) is 2.38. The van der Waals surface area contributed by atoms with Crippen molar-refractivity contribution >= 4 is 17.5 Å². The predicted octanol–water partition coefficient (Wildman–Crippen LogP) is 3.44. The van der Waals surface area contributed by atoms with Gasteiger partial charge in [-0.05, 0) is 37.8 Å². The van der Waals surface area contributed by atoms with E-state index < -0.39 is 11.6 Å². The highest BCUT2D eigenvalue weighted by molar-refractivity contribution is 6.20. The largest absolute Gasteiger partial charge is 0.339 e. The maximum atomic E-state index is 13.6. The summed E-state index contributed by atoms with van der Waals surface area (Å²) in [5.74, 6) is -1.47. The first kappa shape index (κ1) is 14.3. The van der Waals surface area contributed by atoms with Crippen LogP contribution in [0.5, 0.6) is 0 Å². The van der Waals surface area contributed by atoms with Crippen molar-refractivity contribution < 1.29 is 13.6 Å². The third kappa shape index (κ3) is 3.24. The van der Waals surface area contributed by atoms with Crippen LogP contribution in [0.4, 0.5) is 8.78 Å². The van der Waals surface area contributed by atoms with Crippen molar-refractivity contribution in [3.05, 3.63) is 35.4 Å². The zero-order valence-electron chi connectivity index (χ0n) is 10.7. The van der Waals surface area contributed by atoms with Gasteiger partial charge >= 0.3 is 0 Å². The van der Waals surface area contributed by atoms with E-state index in [1.807, 2.05) is 6.92 Å². The van der Waals surface area contributed by atoms with Crippen LogP contribution in [0.25, 0.3) is 0 Å². The second-order valence-electron chi connectivity index (χ2n) is 4.93. The summed E-state index contributed by atoms with van der Waals surface area (Å²) < 4.78 is 26.4. The van der Waals surface area contributed by atoms with Gasteiger partial charge in [0.05, 0.1) is 5.56 Å². The highest BCUT2D eigenvalue weighted by Gasteiger charge is 2.27. The molecular formula is C14H16ClF2NO. The van der Waals surface area contributed by atoms with Crippen molar-refractivity contribution in [2.24, 2.45) is 5.92 Å². The Kier molecular flexibility index (Phi) is 4.40. The minimum absolute atomic E-state index is 0.0706. The summed E-state index contributed by atoms with van der Waals surface area (Å²) >= 11 is 6.04. The average molecular weight is 288 g/mol. The molecule has 1 aliphatic rings. The molecule has 1 unspecified atom stereocenters. The van der Waals surface area contributed by atoms with E-state index in [1.54, 1.807) is 4.90 Å². The van der Waals surface area contributed by atoms with E-state index in [0.29, 0.717) is 19.0 Å². The standard InChI is InChI=1S/C14H16ClF2NO/c1-9(15)10-4-6-18(7-5-10)14(19)12-3-2-11(16)8-13(12)17/h2-3,8-10H,4-7H2,1H3. The van der Waals surface area contributed by atoms with Gasteiger partial charge in [-0.15, -0.1) is 11.6 Å². The lowest BCUT2D eigenvalue weighted by Gasteiger charge is -2.33. The lowest BCUT2D eigenvalue weighted by Crippen LogP contribution is -2.40. The van der Waals surface area contributed by atoms with Crippen LogP contribution in [-0.2, 0) is 0 Å². The monoisotopic (exact) mass is 287 g/mol. The summed E-state index contributed by atoms with van der Waals surface area (Å²) in [6.45, 7) is 3.08. The van der Waals surface area contributed by atoms with Gasteiger partial charge in [-0.25, -0.2) is 8.78 Å². The predicted molar refractivity (Wildman–Crippen MR) is 70.3 cm³/mol. The molecule has 0 N–H and O–H groups in total. The minimum atomic E-state index is -0.808. The fourth-order valence-electron chi connectivity index (χ4n) is 2.40. The molecule has 0 saturated carbocycles. The van der Waals surface area contributed by atoms with E-state index >= 15 is 0 Å². The molecule has 1 atom stereocenters.